The number of hydrogen-bond donors (Lipinski definition) is 1. The van der Waals surface area contributed by atoms with Crippen LogP contribution in [-0.4, -0.2) is 21.6 Å². The number of nitrogens with zero attached hydrogens (tertiary/aromatic N) is 3. The number of hydrazone groups is 1. The zero-order valence-electron chi connectivity index (χ0n) is 16.4. The van der Waals surface area contributed by atoms with E-state index >= 15 is 0 Å². The van der Waals surface area contributed by atoms with Gasteiger partial charge in [0.25, 0.3) is 11.6 Å². The van der Waals surface area contributed by atoms with E-state index < -0.39 is 10.8 Å². The number of nitro groups is 1. The monoisotopic (exact) mass is 444 g/mol. The van der Waals surface area contributed by atoms with Gasteiger partial charge in [-0.15, -0.1) is 0 Å². The summed E-state index contributed by atoms with van der Waals surface area (Å²) < 4.78 is 1.96. The third-order valence-electron chi connectivity index (χ3n) is 4.74. The van der Waals surface area contributed by atoms with Crippen LogP contribution in [0.15, 0.2) is 47.6 Å². The standard InChI is InChI=1S/C21H18Cl2N4O3/c1-12-9-15(14(3)26(12)20-8-7-16(22)10-18(20)23)11-24-25-21(28)17-5-4-6-19(13(17)2)27(29)30/h4-11H,1-3H3,(H,25,28). The van der Waals surface area contributed by atoms with Crippen molar-refractivity contribution in [3.8, 4) is 5.69 Å². The summed E-state index contributed by atoms with van der Waals surface area (Å²) in [7, 11) is 0. The smallest absolute Gasteiger partial charge is 0.273 e. The van der Waals surface area contributed by atoms with E-state index in [1.165, 1.54) is 31.3 Å². The third-order valence-corrected chi connectivity index (χ3v) is 5.27. The number of benzene rings is 2. The molecule has 1 aromatic heterocycles. The van der Waals surface area contributed by atoms with Crippen molar-refractivity contribution in [2.24, 2.45) is 5.10 Å². The van der Waals surface area contributed by atoms with Gasteiger partial charge >= 0.3 is 0 Å². The highest BCUT2D eigenvalue weighted by molar-refractivity contribution is 6.35. The molecule has 1 amide bonds. The molecule has 9 heteroatoms. The zero-order valence-corrected chi connectivity index (χ0v) is 18.0. The van der Waals surface area contributed by atoms with Gasteiger partial charge in [0, 0.05) is 33.6 Å². The van der Waals surface area contributed by atoms with E-state index in [9.17, 15) is 14.9 Å². The normalized spacial score (nSPS) is 11.1. The first-order valence-electron chi connectivity index (χ1n) is 8.92. The molecule has 0 saturated heterocycles. The highest BCUT2D eigenvalue weighted by Crippen LogP contribution is 2.28. The Labute approximate surface area is 183 Å². The largest absolute Gasteiger partial charge is 0.316 e. The van der Waals surface area contributed by atoms with Crippen molar-refractivity contribution in [3.63, 3.8) is 0 Å². The van der Waals surface area contributed by atoms with Crippen LogP contribution in [0.1, 0.15) is 32.9 Å². The van der Waals surface area contributed by atoms with Crippen LogP contribution in [0, 0.1) is 30.9 Å². The highest BCUT2D eigenvalue weighted by atomic mass is 35.5. The van der Waals surface area contributed by atoms with Crippen molar-refractivity contribution in [1.29, 1.82) is 0 Å². The molecule has 0 atom stereocenters. The predicted octanol–water partition coefficient (Wildman–Crippen LogP) is 5.38. The van der Waals surface area contributed by atoms with Crippen LogP contribution in [0.25, 0.3) is 5.69 Å². The lowest BCUT2D eigenvalue weighted by atomic mass is 10.1. The van der Waals surface area contributed by atoms with Gasteiger partial charge in [-0.1, -0.05) is 29.3 Å². The predicted molar refractivity (Wildman–Crippen MR) is 118 cm³/mol. The van der Waals surface area contributed by atoms with E-state index in [2.05, 4.69) is 10.5 Å². The lowest BCUT2D eigenvalue weighted by Crippen LogP contribution is -2.19. The highest BCUT2D eigenvalue weighted by Gasteiger charge is 2.18. The van der Waals surface area contributed by atoms with Crippen molar-refractivity contribution in [2.75, 3.05) is 0 Å². The summed E-state index contributed by atoms with van der Waals surface area (Å²) >= 11 is 12.3. The van der Waals surface area contributed by atoms with Crippen LogP contribution in [-0.2, 0) is 0 Å². The summed E-state index contributed by atoms with van der Waals surface area (Å²) in [5, 5.41) is 16.1. The number of carbonyl (C=O) groups is 1. The van der Waals surface area contributed by atoms with Crippen LogP contribution < -0.4 is 5.43 Å². The van der Waals surface area contributed by atoms with Gasteiger partial charge in [-0.2, -0.15) is 5.10 Å². The molecule has 1 N–H and O–H groups in total. The second kappa shape index (κ2) is 8.69. The van der Waals surface area contributed by atoms with E-state index in [4.69, 9.17) is 23.2 Å². The van der Waals surface area contributed by atoms with Crippen molar-refractivity contribution >= 4 is 41.0 Å². The average Bonchev–Trinajstić information content (AvgIpc) is 2.95. The fourth-order valence-corrected chi connectivity index (χ4v) is 3.73. The van der Waals surface area contributed by atoms with Gasteiger partial charge in [-0.05, 0) is 51.1 Å². The average molecular weight is 445 g/mol. The SMILES string of the molecule is Cc1c(C(=O)NN=Cc2cc(C)n(-c3ccc(Cl)cc3Cl)c2C)cccc1[N+](=O)[O-]. The summed E-state index contributed by atoms with van der Waals surface area (Å²) in [5.41, 5.74) is 6.16. The maximum Gasteiger partial charge on any atom is 0.273 e. The van der Waals surface area contributed by atoms with Crippen LogP contribution in [0.3, 0.4) is 0 Å². The molecule has 154 valence electrons. The van der Waals surface area contributed by atoms with Gasteiger partial charge in [0.05, 0.1) is 27.4 Å². The van der Waals surface area contributed by atoms with E-state index in [1.54, 1.807) is 12.1 Å². The molecule has 3 rings (SSSR count). The first-order valence-corrected chi connectivity index (χ1v) is 9.68. The molecule has 0 aliphatic heterocycles. The molecule has 7 nitrogen and oxygen atoms in total. The second-order valence-corrected chi connectivity index (χ2v) is 7.51. The molecule has 0 unspecified atom stereocenters. The lowest BCUT2D eigenvalue weighted by molar-refractivity contribution is -0.385. The molecular formula is C21H18Cl2N4O3. The fraction of sp³-hybridized carbons (Fsp3) is 0.143. The molecule has 0 saturated carbocycles. The first-order chi connectivity index (χ1) is 14.2. The van der Waals surface area contributed by atoms with Gasteiger partial charge in [0.1, 0.15) is 0 Å². The lowest BCUT2D eigenvalue weighted by Gasteiger charge is -2.11. The van der Waals surface area contributed by atoms with E-state index in [0.29, 0.717) is 10.0 Å². The summed E-state index contributed by atoms with van der Waals surface area (Å²) in [6, 6.07) is 11.5. The maximum atomic E-state index is 12.4. The third kappa shape index (κ3) is 4.22. The molecule has 0 spiro atoms. The summed E-state index contributed by atoms with van der Waals surface area (Å²) in [5.74, 6) is -0.526. The minimum atomic E-state index is -0.526. The Balaban J connectivity index is 1.84. The van der Waals surface area contributed by atoms with Gasteiger partial charge in [-0.25, -0.2) is 5.43 Å². The number of amides is 1. The Morgan fingerprint density at radius 3 is 2.57 bits per heavy atom. The van der Waals surface area contributed by atoms with E-state index in [1.807, 2.05) is 30.5 Å². The summed E-state index contributed by atoms with van der Waals surface area (Å²) in [6.07, 6.45) is 1.52. The number of aromatic nitrogens is 1. The molecule has 0 fully saturated rings. The molecule has 30 heavy (non-hydrogen) atoms. The number of halogens is 2. The molecule has 0 aliphatic carbocycles. The zero-order chi connectivity index (χ0) is 22.0. The van der Waals surface area contributed by atoms with Crippen LogP contribution in [0.4, 0.5) is 5.69 Å². The second-order valence-electron chi connectivity index (χ2n) is 6.66. The number of carbonyl (C=O) groups excluding carboxylic acids is 1. The van der Waals surface area contributed by atoms with E-state index in [0.717, 1.165) is 22.6 Å². The van der Waals surface area contributed by atoms with Crippen LogP contribution in [0.2, 0.25) is 10.0 Å². The van der Waals surface area contributed by atoms with Crippen molar-refractivity contribution in [3.05, 3.63) is 90.7 Å². The van der Waals surface area contributed by atoms with Gasteiger partial charge in [0.15, 0.2) is 0 Å². The Bertz CT molecular complexity index is 1190. The Hall–Kier alpha value is -3.16. The Kier molecular flexibility index (Phi) is 6.24. The minimum Gasteiger partial charge on any atom is -0.316 e. The molecule has 2 aromatic carbocycles. The first kappa shape index (κ1) is 21.5. The van der Waals surface area contributed by atoms with Crippen molar-refractivity contribution in [1.82, 2.24) is 9.99 Å². The quantitative estimate of drug-likeness (QED) is 0.325. The number of nitro benzene ring substituents is 1. The van der Waals surface area contributed by atoms with E-state index in [-0.39, 0.29) is 16.8 Å². The Morgan fingerprint density at radius 2 is 1.90 bits per heavy atom. The molecule has 0 radical (unpaired) electrons. The van der Waals surface area contributed by atoms with Crippen molar-refractivity contribution < 1.29 is 9.72 Å². The van der Waals surface area contributed by atoms with Gasteiger partial charge in [0.2, 0.25) is 0 Å². The molecule has 1 heterocycles. The molecule has 0 aliphatic rings. The Morgan fingerprint density at radius 1 is 1.17 bits per heavy atom. The minimum absolute atomic E-state index is 0.116. The fourth-order valence-electron chi connectivity index (χ4n) is 3.24. The van der Waals surface area contributed by atoms with Gasteiger partial charge in [-0.3, -0.25) is 14.9 Å². The summed E-state index contributed by atoms with van der Waals surface area (Å²) in [6.45, 7) is 5.37. The van der Waals surface area contributed by atoms with Crippen molar-refractivity contribution in [2.45, 2.75) is 20.8 Å². The van der Waals surface area contributed by atoms with Gasteiger partial charge < -0.3 is 4.57 Å². The maximum absolute atomic E-state index is 12.4. The molecule has 3 aromatic rings. The van der Waals surface area contributed by atoms with Crippen LogP contribution >= 0.6 is 23.2 Å². The van der Waals surface area contributed by atoms with Crippen LogP contribution in [0.5, 0.6) is 0 Å². The number of aryl methyl sites for hydroxylation is 1. The topological polar surface area (TPSA) is 89.5 Å². The molecule has 0 bridgehead atoms. The summed E-state index contributed by atoms with van der Waals surface area (Å²) in [4.78, 5) is 22.9. The number of nitrogens with one attached hydrogen (secondary N) is 1. The molecular weight excluding hydrogens is 427 g/mol. The number of hydrogen-bond acceptors (Lipinski definition) is 4. The number of rotatable bonds is 5.